The molecule has 0 heterocycles. The van der Waals surface area contributed by atoms with Crippen LogP contribution in [0.4, 0.5) is 0 Å². The molecule has 1 aromatic carbocycles. The van der Waals surface area contributed by atoms with Gasteiger partial charge in [0.25, 0.3) is 0 Å². The van der Waals surface area contributed by atoms with Gasteiger partial charge in [-0.25, -0.2) is 0 Å². The van der Waals surface area contributed by atoms with Crippen molar-refractivity contribution in [2.24, 2.45) is 0 Å². The molecule has 2 rings (SSSR count). The molecule has 0 bridgehead atoms. The number of fused-ring (bicyclic) bond motifs is 1. The van der Waals surface area contributed by atoms with Gasteiger partial charge in [-0.2, -0.15) is 0 Å². The van der Waals surface area contributed by atoms with Crippen LogP contribution in [-0.2, 0) is 0 Å². The molecule has 1 N–H and O–H groups in total. The van der Waals surface area contributed by atoms with Crippen LogP contribution in [0.15, 0.2) is 18.2 Å². The van der Waals surface area contributed by atoms with Crippen molar-refractivity contribution in [2.75, 3.05) is 7.11 Å². The fourth-order valence-corrected chi connectivity index (χ4v) is 2.02. The van der Waals surface area contributed by atoms with E-state index in [9.17, 15) is 5.11 Å². The molecule has 0 amide bonds. The van der Waals surface area contributed by atoms with Crippen LogP contribution < -0.4 is 9.47 Å². The molecule has 0 aliphatic heterocycles. The average Bonchev–Trinajstić information content (AvgIpc) is 2.29. The Kier molecular flexibility index (Phi) is 3.38. The molecule has 3 heteroatoms. The summed E-state index contributed by atoms with van der Waals surface area (Å²) >= 11 is 0. The molecule has 1 unspecified atom stereocenters. The molecule has 1 aromatic rings. The van der Waals surface area contributed by atoms with Crippen LogP contribution in [0, 0.1) is 0 Å². The minimum Gasteiger partial charge on any atom is -0.493 e. The maximum absolute atomic E-state index is 9.94. The zero-order valence-electron chi connectivity index (χ0n) is 10.4. The average molecular weight is 234 g/mol. The van der Waals surface area contributed by atoms with E-state index in [0.717, 1.165) is 16.9 Å². The second-order valence-electron chi connectivity index (χ2n) is 4.42. The maximum Gasteiger partial charge on any atom is 0.169 e. The summed E-state index contributed by atoms with van der Waals surface area (Å²) in [6.07, 6.45) is 4.22. The summed E-state index contributed by atoms with van der Waals surface area (Å²) in [5.41, 5.74) is 1.83. The Hall–Kier alpha value is -1.48. The highest BCUT2D eigenvalue weighted by atomic mass is 16.5. The van der Waals surface area contributed by atoms with Crippen LogP contribution in [-0.4, -0.2) is 18.3 Å². The van der Waals surface area contributed by atoms with Crippen molar-refractivity contribution in [3.05, 3.63) is 29.3 Å². The van der Waals surface area contributed by atoms with Crippen molar-refractivity contribution in [1.29, 1.82) is 0 Å². The van der Waals surface area contributed by atoms with Gasteiger partial charge in [0.2, 0.25) is 0 Å². The standard InChI is InChI=1S/C14H18O3/c1-9(2)17-14-11-5-4-6-12(15)10(11)7-8-13(14)16-3/h4-5,7-9,12,15H,6H2,1-3H3. The zero-order valence-corrected chi connectivity index (χ0v) is 10.4. The molecule has 1 aliphatic rings. The fraction of sp³-hybridized carbons (Fsp3) is 0.429. The molecule has 0 radical (unpaired) electrons. The van der Waals surface area contributed by atoms with Crippen molar-refractivity contribution in [3.63, 3.8) is 0 Å². The van der Waals surface area contributed by atoms with Crippen molar-refractivity contribution in [3.8, 4) is 11.5 Å². The SMILES string of the molecule is COc1ccc2c(c1OC(C)C)C=CCC2O. The molecule has 3 nitrogen and oxygen atoms in total. The largest absolute Gasteiger partial charge is 0.493 e. The summed E-state index contributed by atoms with van der Waals surface area (Å²) in [5.74, 6) is 1.42. The van der Waals surface area contributed by atoms with E-state index in [4.69, 9.17) is 9.47 Å². The van der Waals surface area contributed by atoms with Gasteiger partial charge >= 0.3 is 0 Å². The smallest absolute Gasteiger partial charge is 0.169 e. The summed E-state index contributed by atoms with van der Waals surface area (Å²) in [6, 6.07) is 3.74. The molecule has 1 atom stereocenters. The quantitative estimate of drug-likeness (QED) is 0.874. The molecule has 17 heavy (non-hydrogen) atoms. The first kappa shape index (κ1) is 12.0. The first-order valence-electron chi connectivity index (χ1n) is 5.85. The molecule has 0 spiro atoms. The van der Waals surface area contributed by atoms with E-state index in [1.165, 1.54) is 0 Å². The molecule has 92 valence electrons. The van der Waals surface area contributed by atoms with Gasteiger partial charge in [-0.05, 0) is 31.9 Å². The molecular formula is C14H18O3. The Morgan fingerprint density at radius 2 is 2.12 bits per heavy atom. The van der Waals surface area contributed by atoms with Crippen LogP contribution in [0.1, 0.15) is 37.5 Å². The zero-order chi connectivity index (χ0) is 12.4. The van der Waals surface area contributed by atoms with Crippen LogP contribution in [0.2, 0.25) is 0 Å². The summed E-state index contributed by atoms with van der Waals surface area (Å²) in [5, 5.41) is 9.94. The number of aliphatic hydroxyl groups excluding tert-OH is 1. The van der Waals surface area contributed by atoms with Gasteiger partial charge < -0.3 is 14.6 Å². The summed E-state index contributed by atoms with van der Waals surface area (Å²) in [4.78, 5) is 0. The third-order valence-corrected chi connectivity index (χ3v) is 2.77. The van der Waals surface area contributed by atoms with Gasteiger partial charge in [0.15, 0.2) is 11.5 Å². The monoisotopic (exact) mass is 234 g/mol. The summed E-state index contributed by atoms with van der Waals surface area (Å²) in [6.45, 7) is 3.95. The van der Waals surface area contributed by atoms with E-state index < -0.39 is 6.10 Å². The number of ether oxygens (including phenoxy) is 2. The second-order valence-corrected chi connectivity index (χ2v) is 4.42. The second kappa shape index (κ2) is 4.80. The van der Waals surface area contributed by atoms with Crippen molar-refractivity contribution in [1.82, 2.24) is 0 Å². The minimum atomic E-state index is -0.449. The van der Waals surface area contributed by atoms with E-state index in [2.05, 4.69) is 0 Å². The van der Waals surface area contributed by atoms with E-state index in [-0.39, 0.29) is 6.10 Å². The highest BCUT2D eigenvalue weighted by Crippen LogP contribution is 2.40. The van der Waals surface area contributed by atoms with Crippen molar-refractivity contribution >= 4 is 6.08 Å². The number of aliphatic hydroxyl groups is 1. The van der Waals surface area contributed by atoms with E-state index in [1.54, 1.807) is 7.11 Å². The Balaban J connectivity index is 2.53. The van der Waals surface area contributed by atoms with Gasteiger partial charge in [0.1, 0.15) is 0 Å². The Morgan fingerprint density at radius 3 is 2.76 bits per heavy atom. The predicted molar refractivity (Wildman–Crippen MR) is 67.4 cm³/mol. The molecule has 0 aromatic heterocycles. The van der Waals surface area contributed by atoms with Crippen LogP contribution in [0.3, 0.4) is 0 Å². The lowest BCUT2D eigenvalue weighted by atomic mass is 9.94. The first-order chi connectivity index (χ1) is 8.13. The molecular weight excluding hydrogens is 216 g/mol. The highest BCUT2D eigenvalue weighted by molar-refractivity contribution is 5.68. The first-order valence-corrected chi connectivity index (χ1v) is 5.85. The minimum absolute atomic E-state index is 0.0721. The third kappa shape index (κ3) is 2.29. The van der Waals surface area contributed by atoms with Crippen molar-refractivity contribution < 1.29 is 14.6 Å². The van der Waals surface area contributed by atoms with E-state index in [0.29, 0.717) is 12.2 Å². The normalized spacial score (nSPS) is 18.1. The van der Waals surface area contributed by atoms with Gasteiger partial charge in [-0.15, -0.1) is 0 Å². The van der Waals surface area contributed by atoms with Gasteiger partial charge in [0.05, 0.1) is 19.3 Å². The topological polar surface area (TPSA) is 38.7 Å². The maximum atomic E-state index is 9.94. The van der Waals surface area contributed by atoms with Gasteiger partial charge in [-0.3, -0.25) is 0 Å². The number of rotatable bonds is 3. The van der Waals surface area contributed by atoms with Gasteiger partial charge in [-0.1, -0.05) is 18.2 Å². The highest BCUT2D eigenvalue weighted by Gasteiger charge is 2.21. The molecule has 1 aliphatic carbocycles. The Morgan fingerprint density at radius 1 is 1.35 bits per heavy atom. The van der Waals surface area contributed by atoms with Crippen LogP contribution >= 0.6 is 0 Å². The Bertz CT molecular complexity index is 435. The van der Waals surface area contributed by atoms with Gasteiger partial charge in [0, 0.05) is 5.56 Å². The van der Waals surface area contributed by atoms with Crippen LogP contribution in [0.5, 0.6) is 11.5 Å². The number of hydrogen-bond donors (Lipinski definition) is 1. The summed E-state index contributed by atoms with van der Waals surface area (Å²) < 4.78 is 11.1. The van der Waals surface area contributed by atoms with Crippen LogP contribution in [0.25, 0.3) is 6.08 Å². The predicted octanol–water partition coefficient (Wildman–Crippen LogP) is 2.93. The lowest BCUT2D eigenvalue weighted by molar-refractivity contribution is 0.177. The molecule has 0 saturated carbocycles. The Labute approximate surface area is 102 Å². The lowest BCUT2D eigenvalue weighted by Crippen LogP contribution is -2.11. The van der Waals surface area contributed by atoms with E-state index in [1.807, 2.05) is 38.1 Å². The number of benzene rings is 1. The summed E-state index contributed by atoms with van der Waals surface area (Å²) in [7, 11) is 1.62. The number of methoxy groups -OCH3 is 1. The number of hydrogen-bond acceptors (Lipinski definition) is 3. The van der Waals surface area contributed by atoms with Crippen molar-refractivity contribution in [2.45, 2.75) is 32.5 Å². The lowest BCUT2D eigenvalue weighted by Gasteiger charge is -2.22. The fourth-order valence-electron chi connectivity index (χ4n) is 2.02. The third-order valence-electron chi connectivity index (χ3n) is 2.77. The molecule has 0 saturated heterocycles. The molecule has 0 fully saturated rings. The van der Waals surface area contributed by atoms with E-state index >= 15 is 0 Å².